The van der Waals surface area contributed by atoms with E-state index >= 15 is 0 Å². The fraction of sp³-hybridized carbons (Fsp3) is 0.917. The summed E-state index contributed by atoms with van der Waals surface area (Å²) in [4.78, 5) is 15.7. The zero-order valence-electron chi connectivity index (χ0n) is 11.3. The molecular formula is C12H26N2O2. The molecule has 1 atom stereocenters. The van der Waals surface area contributed by atoms with Crippen molar-refractivity contribution in [2.45, 2.75) is 32.2 Å². The van der Waals surface area contributed by atoms with Gasteiger partial charge in [0.25, 0.3) is 0 Å². The molecule has 0 aromatic carbocycles. The highest BCUT2D eigenvalue weighted by molar-refractivity contribution is 5.75. The monoisotopic (exact) mass is 230 g/mol. The van der Waals surface area contributed by atoms with Crippen LogP contribution in [0.1, 0.15) is 26.2 Å². The van der Waals surface area contributed by atoms with Gasteiger partial charge < -0.3 is 9.64 Å². The van der Waals surface area contributed by atoms with E-state index in [2.05, 4.69) is 19.0 Å². The van der Waals surface area contributed by atoms with E-state index in [-0.39, 0.29) is 12.0 Å². The molecule has 0 spiro atoms. The first kappa shape index (κ1) is 15.4. The van der Waals surface area contributed by atoms with E-state index < -0.39 is 0 Å². The molecular weight excluding hydrogens is 204 g/mol. The Morgan fingerprint density at radius 1 is 1.19 bits per heavy atom. The van der Waals surface area contributed by atoms with Gasteiger partial charge >= 0.3 is 5.97 Å². The highest BCUT2D eigenvalue weighted by Gasteiger charge is 2.21. The number of hydrogen-bond acceptors (Lipinski definition) is 4. The number of carbonyl (C=O) groups is 1. The molecule has 0 aliphatic carbocycles. The molecule has 0 N–H and O–H groups in total. The Morgan fingerprint density at radius 2 is 1.81 bits per heavy atom. The molecule has 0 saturated heterocycles. The Bertz CT molecular complexity index is 193. The Kier molecular flexibility index (Phi) is 8.21. The second kappa shape index (κ2) is 8.53. The summed E-state index contributed by atoms with van der Waals surface area (Å²) >= 11 is 0. The Labute approximate surface area is 99.5 Å². The lowest BCUT2D eigenvalue weighted by molar-refractivity contribution is -0.148. The number of carbonyl (C=O) groups excluding carboxylic acids is 1. The first-order chi connectivity index (χ1) is 7.49. The zero-order chi connectivity index (χ0) is 12.6. The maximum atomic E-state index is 11.6. The number of hydrogen-bond donors (Lipinski definition) is 0. The van der Waals surface area contributed by atoms with Crippen LogP contribution in [0, 0.1) is 0 Å². The predicted octanol–water partition coefficient (Wildman–Crippen LogP) is 1.21. The largest absolute Gasteiger partial charge is 0.465 e. The van der Waals surface area contributed by atoms with Crippen LogP contribution in [0.4, 0.5) is 0 Å². The number of likely N-dealkylation sites (N-methyl/N-ethyl adjacent to an activating group) is 1. The summed E-state index contributed by atoms with van der Waals surface area (Å²) in [5.41, 5.74) is 0. The fourth-order valence-corrected chi connectivity index (χ4v) is 1.59. The minimum Gasteiger partial charge on any atom is -0.465 e. The van der Waals surface area contributed by atoms with Gasteiger partial charge in [-0.2, -0.15) is 0 Å². The third-order valence-electron chi connectivity index (χ3n) is 2.51. The van der Waals surface area contributed by atoms with Crippen molar-refractivity contribution in [2.24, 2.45) is 0 Å². The third-order valence-corrected chi connectivity index (χ3v) is 2.51. The minimum atomic E-state index is -0.0997. The molecule has 0 amide bonds. The van der Waals surface area contributed by atoms with Crippen molar-refractivity contribution in [3.05, 3.63) is 0 Å². The summed E-state index contributed by atoms with van der Waals surface area (Å²) in [5, 5.41) is 0. The summed E-state index contributed by atoms with van der Waals surface area (Å²) in [6.07, 6.45) is 3.05. The molecule has 0 aromatic heterocycles. The molecule has 4 nitrogen and oxygen atoms in total. The smallest absolute Gasteiger partial charge is 0.323 e. The topological polar surface area (TPSA) is 32.8 Å². The second-order valence-corrected chi connectivity index (χ2v) is 4.53. The van der Waals surface area contributed by atoms with Gasteiger partial charge in [-0.05, 0) is 54.5 Å². The van der Waals surface area contributed by atoms with Crippen molar-refractivity contribution in [3.8, 4) is 0 Å². The lowest BCUT2D eigenvalue weighted by Gasteiger charge is -2.22. The summed E-state index contributed by atoms with van der Waals surface area (Å²) in [7, 11) is 7.98. The molecule has 0 aliphatic rings. The van der Waals surface area contributed by atoms with E-state index in [1.807, 2.05) is 25.9 Å². The number of ether oxygens (including phenoxy) is 1. The van der Waals surface area contributed by atoms with Crippen molar-refractivity contribution in [1.82, 2.24) is 9.80 Å². The van der Waals surface area contributed by atoms with Gasteiger partial charge in [0.2, 0.25) is 0 Å². The third kappa shape index (κ3) is 6.80. The van der Waals surface area contributed by atoms with Gasteiger partial charge in [0, 0.05) is 0 Å². The molecule has 0 aromatic rings. The average molecular weight is 230 g/mol. The van der Waals surface area contributed by atoms with E-state index in [0.29, 0.717) is 6.61 Å². The molecule has 0 bridgehead atoms. The predicted molar refractivity (Wildman–Crippen MR) is 66.5 cm³/mol. The van der Waals surface area contributed by atoms with E-state index in [4.69, 9.17) is 4.74 Å². The van der Waals surface area contributed by atoms with E-state index in [1.54, 1.807) is 0 Å². The highest BCUT2D eigenvalue weighted by atomic mass is 16.5. The average Bonchev–Trinajstić information content (AvgIpc) is 2.16. The van der Waals surface area contributed by atoms with Crippen LogP contribution in [-0.2, 0) is 9.53 Å². The van der Waals surface area contributed by atoms with Gasteiger partial charge in [-0.3, -0.25) is 9.69 Å². The van der Waals surface area contributed by atoms with Crippen LogP contribution in [0.3, 0.4) is 0 Å². The van der Waals surface area contributed by atoms with E-state index in [1.165, 1.54) is 0 Å². The SMILES string of the molecule is CCOC(=O)[C@H](CCCCN(C)C)N(C)C. The first-order valence-corrected chi connectivity index (χ1v) is 5.96. The molecule has 16 heavy (non-hydrogen) atoms. The Hall–Kier alpha value is -0.610. The minimum absolute atomic E-state index is 0.0953. The molecule has 0 aliphatic heterocycles. The number of nitrogens with zero attached hydrogens (tertiary/aromatic N) is 2. The number of rotatable bonds is 8. The van der Waals surface area contributed by atoms with Crippen LogP contribution in [-0.4, -0.2) is 63.2 Å². The van der Waals surface area contributed by atoms with Crippen LogP contribution in [0.2, 0.25) is 0 Å². The summed E-state index contributed by atoms with van der Waals surface area (Å²) in [5.74, 6) is -0.0997. The van der Waals surface area contributed by atoms with Gasteiger partial charge in [-0.25, -0.2) is 0 Å². The first-order valence-electron chi connectivity index (χ1n) is 5.96. The molecule has 0 radical (unpaired) electrons. The van der Waals surface area contributed by atoms with Crippen LogP contribution in [0.25, 0.3) is 0 Å². The highest BCUT2D eigenvalue weighted by Crippen LogP contribution is 2.08. The zero-order valence-corrected chi connectivity index (χ0v) is 11.3. The van der Waals surface area contributed by atoms with Crippen LogP contribution in [0.15, 0.2) is 0 Å². The van der Waals surface area contributed by atoms with Gasteiger partial charge in [0.05, 0.1) is 6.61 Å². The maximum absolute atomic E-state index is 11.6. The Balaban J connectivity index is 3.90. The Morgan fingerprint density at radius 3 is 2.25 bits per heavy atom. The van der Waals surface area contributed by atoms with Gasteiger partial charge in [-0.15, -0.1) is 0 Å². The van der Waals surface area contributed by atoms with Gasteiger partial charge in [0.1, 0.15) is 6.04 Å². The summed E-state index contributed by atoms with van der Waals surface area (Å²) in [6, 6.07) is -0.0953. The molecule has 0 fully saturated rings. The van der Waals surface area contributed by atoms with Crippen molar-refractivity contribution < 1.29 is 9.53 Å². The molecule has 0 rings (SSSR count). The van der Waals surface area contributed by atoms with Crippen molar-refractivity contribution >= 4 is 5.97 Å². The van der Waals surface area contributed by atoms with Crippen LogP contribution >= 0.6 is 0 Å². The van der Waals surface area contributed by atoms with E-state index in [0.717, 1.165) is 25.8 Å². The van der Waals surface area contributed by atoms with Gasteiger partial charge in [-0.1, -0.05) is 6.42 Å². The molecule has 0 saturated carbocycles. The number of esters is 1. The standard InChI is InChI=1S/C12H26N2O2/c1-6-16-12(15)11(14(4)5)9-7-8-10-13(2)3/h11H,6-10H2,1-5H3/t11-/m0/s1. The lowest BCUT2D eigenvalue weighted by Crippen LogP contribution is -2.37. The van der Waals surface area contributed by atoms with E-state index in [9.17, 15) is 4.79 Å². The van der Waals surface area contributed by atoms with Crippen molar-refractivity contribution in [2.75, 3.05) is 41.3 Å². The number of unbranched alkanes of at least 4 members (excludes halogenated alkanes) is 1. The molecule has 0 heterocycles. The molecule has 4 heteroatoms. The maximum Gasteiger partial charge on any atom is 0.323 e. The quantitative estimate of drug-likeness (QED) is 0.463. The van der Waals surface area contributed by atoms with Crippen molar-refractivity contribution in [3.63, 3.8) is 0 Å². The summed E-state index contributed by atoms with van der Waals surface area (Å²) < 4.78 is 5.05. The molecule has 0 unspecified atom stereocenters. The normalized spacial score (nSPS) is 13.2. The van der Waals surface area contributed by atoms with Crippen LogP contribution in [0.5, 0.6) is 0 Å². The fourth-order valence-electron chi connectivity index (χ4n) is 1.59. The van der Waals surface area contributed by atoms with Crippen molar-refractivity contribution in [1.29, 1.82) is 0 Å². The van der Waals surface area contributed by atoms with Gasteiger partial charge in [0.15, 0.2) is 0 Å². The second-order valence-electron chi connectivity index (χ2n) is 4.53. The lowest BCUT2D eigenvalue weighted by atomic mass is 10.1. The summed E-state index contributed by atoms with van der Waals surface area (Å²) in [6.45, 7) is 3.38. The van der Waals surface area contributed by atoms with Crippen LogP contribution < -0.4 is 0 Å². The molecule has 96 valence electrons.